The summed E-state index contributed by atoms with van der Waals surface area (Å²) in [6.45, 7) is 4.59. The van der Waals surface area contributed by atoms with Crippen molar-refractivity contribution in [2.75, 3.05) is 6.61 Å². The van der Waals surface area contributed by atoms with Gasteiger partial charge < -0.3 is 4.74 Å². The van der Waals surface area contributed by atoms with Gasteiger partial charge in [0.15, 0.2) is 0 Å². The van der Waals surface area contributed by atoms with Crippen molar-refractivity contribution in [3.05, 3.63) is 12.7 Å². The molecular formula is C10H20N2O. The standard InChI is InChI=1S/C10H20N2O/c1-2-3-4-6-9(12-11)10-7-5-8-13-10/h2,9-10,12H,1,3-8,11H2. The first-order valence-electron chi connectivity index (χ1n) is 5.07. The average Bonchev–Trinajstić information content (AvgIpc) is 2.65. The lowest BCUT2D eigenvalue weighted by atomic mass is 10.0. The molecule has 0 bridgehead atoms. The van der Waals surface area contributed by atoms with Crippen molar-refractivity contribution >= 4 is 0 Å². The van der Waals surface area contributed by atoms with Crippen molar-refractivity contribution in [2.24, 2.45) is 5.84 Å². The Labute approximate surface area is 80.3 Å². The Morgan fingerprint density at radius 3 is 3.08 bits per heavy atom. The molecular weight excluding hydrogens is 164 g/mol. The Morgan fingerprint density at radius 2 is 2.54 bits per heavy atom. The molecule has 2 atom stereocenters. The maximum atomic E-state index is 5.57. The zero-order valence-electron chi connectivity index (χ0n) is 8.17. The first kappa shape index (κ1) is 10.7. The summed E-state index contributed by atoms with van der Waals surface area (Å²) in [7, 11) is 0. The number of ether oxygens (including phenoxy) is 1. The smallest absolute Gasteiger partial charge is 0.0742 e. The lowest BCUT2D eigenvalue weighted by Gasteiger charge is -2.21. The van der Waals surface area contributed by atoms with Gasteiger partial charge in [-0.1, -0.05) is 6.08 Å². The SMILES string of the molecule is C=CCCCC(NN)C1CCCO1. The fraction of sp³-hybridized carbons (Fsp3) is 0.800. The molecule has 0 spiro atoms. The summed E-state index contributed by atoms with van der Waals surface area (Å²) in [6.07, 6.45) is 7.86. The van der Waals surface area contributed by atoms with E-state index in [1.54, 1.807) is 0 Å². The van der Waals surface area contributed by atoms with E-state index >= 15 is 0 Å². The van der Waals surface area contributed by atoms with E-state index in [1.165, 1.54) is 6.42 Å². The van der Waals surface area contributed by atoms with Crippen LogP contribution in [0.5, 0.6) is 0 Å². The van der Waals surface area contributed by atoms with Crippen LogP contribution in [-0.2, 0) is 4.74 Å². The van der Waals surface area contributed by atoms with Crippen molar-refractivity contribution in [3.63, 3.8) is 0 Å². The molecule has 1 aliphatic rings. The zero-order chi connectivity index (χ0) is 9.52. The number of rotatable bonds is 6. The highest BCUT2D eigenvalue weighted by atomic mass is 16.5. The van der Waals surface area contributed by atoms with Crippen LogP contribution in [0.2, 0.25) is 0 Å². The summed E-state index contributed by atoms with van der Waals surface area (Å²) < 4.78 is 5.57. The number of hydrazine groups is 1. The summed E-state index contributed by atoms with van der Waals surface area (Å²) >= 11 is 0. The highest BCUT2D eigenvalue weighted by molar-refractivity contribution is 4.79. The number of nitrogens with two attached hydrogens (primary N) is 1. The van der Waals surface area contributed by atoms with Gasteiger partial charge in [-0.25, -0.2) is 0 Å². The number of allylic oxidation sites excluding steroid dienone is 1. The van der Waals surface area contributed by atoms with Crippen LogP contribution in [0.4, 0.5) is 0 Å². The highest BCUT2D eigenvalue weighted by Gasteiger charge is 2.24. The Kier molecular flexibility index (Phi) is 5.05. The lowest BCUT2D eigenvalue weighted by molar-refractivity contribution is 0.0751. The second-order valence-corrected chi connectivity index (χ2v) is 3.54. The topological polar surface area (TPSA) is 47.3 Å². The molecule has 1 rings (SSSR count). The molecule has 0 aromatic carbocycles. The van der Waals surface area contributed by atoms with Gasteiger partial charge in [-0.3, -0.25) is 11.3 Å². The largest absolute Gasteiger partial charge is 0.377 e. The van der Waals surface area contributed by atoms with Crippen LogP contribution in [0.1, 0.15) is 32.1 Å². The van der Waals surface area contributed by atoms with Gasteiger partial charge in [0.25, 0.3) is 0 Å². The molecule has 3 N–H and O–H groups in total. The summed E-state index contributed by atoms with van der Waals surface area (Å²) in [5.41, 5.74) is 2.84. The Bertz CT molecular complexity index is 144. The van der Waals surface area contributed by atoms with Crippen LogP contribution in [-0.4, -0.2) is 18.8 Å². The first-order valence-corrected chi connectivity index (χ1v) is 5.07. The molecule has 0 aromatic rings. The quantitative estimate of drug-likeness (QED) is 0.283. The summed E-state index contributed by atoms with van der Waals surface area (Å²) in [6, 6.07) is 0.322. The molecule has 1 heterocycles. The van der Waals surface area contributed by atoms with Gasteiger partial charge in [0.1, 0.15) is 0 Å². The predicted molar refractivity (Wildman–Crippen MR) is 54.1 cm³/mol. The molecule has 2 unspecified atom stereocenters. The Morgan fingerprint density at radius 1 is 1.69 bits per heavy atom. The summed E-state index contributed by atoms with van der Waals surface area (Å²) in [5.74, 6) is 5.48. The van der Waals surface area contributed by atoms with E-state index in [0.29, 0.717) is 12.1 Å². The number of hydrogen-bond donors (Lipinski definition) is 2. The second-order valence-electron chi connectivity index (χ2n) is 3.54. The number of unbranched alkanes of at least 4 members (excludes halogenated alkanes) is 1. The van der Waals surface area contributed by atoms with Crippen LogP contribution in [0.15, 0.2) is 12.7 Å². The molecule has 0 aliphatic carbocycles. The van der Waals surface area contributed by atoms with Gasteiger partial charge in [-0.2, -0.15) is 0 Å². The van der Waals surface area contributed by atoms with Gasteiger partial charge in [0, 0.05) is 12.6 Å². The fourth-order valence-electron chi connectivity index (χ4n) is 1.78. The minimum atomic E-state index is 0.322. The van der Waals surface area contributed by atoms with Crippen LogP contribution < -0.4 is 11.3 Å². The molecule has 1 fully saturated rings. The Hall–Kier alpha value is -0.380. The average molecular weight is 184 g/mol. The maximum absolute atomic E-state index is 5.57. The van der Waals surface area contributed by atoms with E-state index in [9.17, 15) is 0 Å². The van der Waals surface area contributed by atoms with Crippen LogP contribution in [0.3, 0.4) is 0 Å². The van der Waals surface area contributed by atoms with Crippen molar-refractivity contribution in [1.29, 1.82) is 0 Å². The number of nitrogens with one attached hydrogen (secondary N) is 1. The van der Waals surface area contributed by atoms with Crippen LogP contribution in [0.25, 0.3) is 0 Å². The molecule has 0 amide bonds. The van der Waals surface area contributed by atoms with Gasteiger partial charge >= 0.3 is 0 Å². The van der Waals surface area contributed by atoms with Crippen LogP contribution in [0, 0.1) is 0 Å². The summed E-state index contributed by atoms with van der Waals surface area (Å²) in [4.78, 5) is 0. The van der Waals surface area contributed by atoms with Crippen molar-refractivity contribution in [2.45, 2.75) is 44.2 Å². The van der Waals surface area contributed by atoms with Crippen molar-refractivity contribution in [3.8, 4) is 0 Å². The monoisotopic (exact) mass is 184 g/mol. The molecule has 0 aromatic heterocycles. The normalized spacial score (nSPS) is 24.5. The number of hydrogen-bond acceptors (Lipinski definition) is 3. The third kappa shape index (κ3) is 3.46. The minimum absolute atomic E-state index is 0.322. The second kappa shape index (κ2) is 6.13. The zero-order valence-corrected chi connectivity index (χ0v) is 8.17. The first-order chi connectivity index (χ1) is 6.38. The van der Waals surface area contributed by atoms with E-state index < -0.39 is 0 Å². The van der Waals surface area contributed by atoms with Crippen LogP contribution >= 0.6 is 0 Å². The minimum Gasteiger partial charge on any atom is -0.377 e. The third-order valence-electron chi connectivity index (χ3n) is 2.55. The summed E-state index contributed by atoms with van der Waals surface area (Å²) in [5, 5.41) is 0. The maximum Gasteiger partial charge on any atom is 0.0742 e. The van der Waals surface area contributed by atoms with Gasteiger partial charge in [0.2, 0.25) is 0 Å². The Balaban J connectivity index is 2.20. The molecule has 1 aliphatic heterocycles. The van der Waals surface area contributed by atoms with Crippen molar-refractivity contribution < 1.29 is 4.74 Å². The predicted octanol–water partition coefficient (Wildman–Crippen LogP) is 1.35. The van der Waals surface area contributed by atoms with E-state index in [1.807, 2.05) is 6.08 Å². The van der Waals surface area contributed by atoms with E-state index in [2.05, 4.69) is 12.0 Å². The van der Waals surface area contributed by atoms with E-state index in [4.69, 9.17) is 10.6 Å². The molecule has 0 radical (unpaired) electrons. The molecule has 3 heteroatoms. The molecule has 1 saturated heterocycles. The molecule has 13 heavy (non-hydrogen) atoms. The molecule has 3 nitrogen and oxygen atoms in total. The highest BCUT2D eigenvalue weighted by Crippen LogP contribution is 2.18. The van der Waals surface area contributed by atoms with Gasteiger partial charge in [0.05, 0.1) is 6.10 Å². The third-order valence-corrected chi connectivity index (χ3v) is 2.55. The van der Waals surface area contributed by atoms with Crippen molar-refractivity contribution in [1.82, 2.24) is 5.43 Å². The molecule has 76 valence electrons. The van der Waals surface area contributed by atoms with Gasteiger partial charge in [-0.05, 0) is 32.1 Å². The molecule has 0 saturated carbocycles. The van der Waals surface area contributed by atoms with Gasteiger partial charge in [-0.15, -0.1) is 6.58 Å². The lowest BCUT2D eigenvalue weighted by Crippen LogP contribution is -2.43. The van der Waals surface area contributed by atoms with E-state index in [-0.39, 0.29) is 0 Å². The fourth-order valence-corrected chi connectivity index (χ4v) is 1.78. The van der Waals surface area contributed by atoms with E-state index in [0.717, 1.165) is 32.3 Å².